The minimum absolute atomic E-state index is 0.116. The molecule has 0 spiro atoms. The van der Waals surface area contributed by atoms with E-state index in [0.717, 1.165) is 6.42 Å². The first kappa shape index (κ1) is 15.2. The lowest BCUT2D eigenvalue weighted by Gasteiger charge is -2.24. The second-order valence-electron chi connectivity index (χ2n) is 4.60. The average molecular weight is 251 g/mol. The van der Waals surface area contributed by atoms with E-state index in [1.54, 1.807) is 20.8 Å². The lowest BCUT2D eigenvalue weighted by Crippen LogP contribution is -2.50. The summed E-state index contributed by atoms with van der Waals surface area (Å²) in [4.78, 5) is 0. The number of nitrogens with zero attached hydrogens (tertiary/aromatic N) is 1. The Balaban J connectivity index is 4.91. The second-order valence-corrected chi connectivity index (χ2v) is 7.07. The van der Waals surface area contributed by atoms with Crippen LogP contribution in [-0.4, -0.2) is 30.2 Å². The van der Waals surface area contributed by atoms with Crippen LogP contribution in [0.15, 0.2) is 5.16 Å². The molecule has 1 unspecified atom stereocenters. The zero-order chi connectivity index (χ0) is 13.0. The largest absolute Gasteiger partial charge is 0.409 e. The molecular formula is C9H21N3O3S. The van der Waals surface area contributed by atoms with Gasteiger partial charge in [-0.2, -0.15) is 0 Å². The molecule has 0 amide bonds. The van der Waals surface area contributed by atoms with E-state index in [1.807, 2.05) is 6.92 Å². The number of oxime groups is 1. The van der Waals surface area contributed by atoms with Gasteiger partial charge in [-0.25, -0.2) is 13.1 Å². The van der Waals surface area contributed by atoms with Crippen molar-refractivity contribution in [3.8, 4) is 0 Å². The van der Waals surface area contributed by atoms with Gasteiger partial charge in [0.2, 0.25) is 10.0 Å². The number of amidine groups is 1. The van der Waals surface area contributed by atoms with Crippen LogP contribution >= 0.6 is 0 Å². The fourth-order valence-corrected chi connectivity index (χ4v) is 1.96. The molecule has 0 saturated carbocycles. The third-order valence-electron chi connectivity index (χ3n) is 2.15. The third kappa shape index (κ3) is 3.97. The summed E-state index contributed by atoms with van der Waals surface area (Å²) in [5.41, 5.74) is 5.43. The predicted molar refractivity (Wildman–Crippen MR) is 63.9 cm³/mol. The van der Waals surface area contributed by atoms with Gasteiger partial charge in [-0.15, -0.1) is 0 Å². The molecule has 0 aromatic rings. The van der Waals surface area contributed by atoms with Crippen LogP contribution in [0.2, 0.25) is 0 Å². The second kappa shape index (κ2) is 5.49. The van der Waals surface area contributed by atoms with Crippen molar-refractivity contribution in [3.05, 3.63) is 0 Å². The molecule has 0 saturated heterocycles. The topological polar surface area (TPSA) is 105 Å². The van der Waals surface area contributed by atoms with Crippen molar-refractivity contribution in [1.29, 1.82) is 0 Å². The molecule has 6 nitrogen and oxygen atoms in total. The van der Waals surface area contributed by atoms with E-state index in [9.17, 15) is 8.42 Å². The smallest absolute Gasteiger partial charge is 0.217 e. The zero-order valence-electron chi connectivity index (χ0n) is 10.2. The number of hydrogen-bond acceptors (Lipinski definition) is 4. The summed E-state index contributed by atoms with van der Waals surface area (Å²) in [5.74, 6) is -0.116. The van der Waals surface area contributed by atoms with Crippen LogP contribution in [0.4, 0.5) is 0 Å². The quantitative estimate of drug-likeness (QED) is 0.288. The SMILES string of the molecule is CCCC(NS(=O)(=O)C(C)(C)C)C(N)=NO. The fraction of sp³-hybridized carbons (Fsp3) is 0.889. The fourth-order valence-electron chi connectivity index (χ4n) is 0.990. The van der Waals surface area contributed by atoms with Gasteiger partial charge in [0.1, 0.15) is 0 Å². The number of nitrogens with one attached hydrogen (secondary N) is 1. The van der Waals surface area contributed by atoms with Crippen LogP contribution in [0.5, 0.6) is 0 Å². The standard InChI is InChI=1S/C9H21N3O3S/c1-5-6-7(8(10)11-13)12-16(14,15)9(2,3)4/h7,12-13H,5-6H2,1-4H3,(H2,10,11). The minimum atomic E-state index is -3.50. The molecule has 0 aliphatic rings. The Kier molecular flexibility index (Phi) is 5.21. The van der Waals surface area contributed by atoms with Gasteiger partial charge >= 0.3 is 0 Å². The number of sulfonamides is 1. The highest BCUT2D eigenvalue weighted by molar-refractivity contribution is 7.90. The summed E-state index contributed by atoms with van der Waals surface area (Å²) in [6.45, 7) is 6.66. The summed E-state index contributed by atoms with van der Waals surface area (Å²) >= 11 is 0. The molecule has 0 rings (SSSR count). The van der Waals surface area contributed by atoms with E-state index in [2.05, 4.69) is 9.88 Å². The highest BCUT2D eigenvalue weighted by Crippen LogP contribution is 2.14. The van der Waals surface area contributed by atoms with Gasteiger partial charge in [0, 0.05) is 0 Å². The Morgan fingerprint density at radius 1 is 1.50 bits per heavy atom. The van der Waals surface area contributed by atoms with E-state index in [1.165, 1.54) is 0 Å². The Bertz CT molecular complexity index is 344. The third-order valence-corrected chi connectivity index (χ3v) is 4.36. The molecule has 0 fully saturated rings. The van der Waals surface area contributed by atoms with Gasteiger partial charge < -0.3 is 10.9 Å². The molecule has 96 valence electrons. The van der Waals surface area contributed by atoms with Crippen molar-refractivity contribution >= 4 is 15.9 Å². The highest BCUT2D eigenvalue weighted by atomic mass is 32.2. The van der Waals surface area contributed by atoms with Crippen molar-refractivity contribution < 1.29 is 13.6 Å². The molecule has 0 aromatic heterocycles. The molecule has 1 atom stereocenters. The normalized spacial score (nSPS) is 16.1. The highest BCUT2D eigenvalue weighted by Gasteiger charge is 2.32. The van der Waals surface area contributed by atoms with Gasteiger partial charge in [-0.05, 0) is 27.2 Å². The first-order chi connectivity index (χ1) is 7.15. The molecule has 0 aromatic carbocycles. The lowest BCUT2D eigenvalue weighted by atomic mass is 10.2. The van der Waals surface area contributed by atoms with Gasteiger partial charge in [0.15, 0.2) is 5.84 Å². The first-order valence-electron chi connectivity index (χ1n) is 5.15. The van der Waals surface area contributed by atoms with Crippen LogP contribution in [0.3, 0.4) is 0 Å². The molecule has 4 N–H and O–H groups in total. The van der Waals surface area contributed by atoms with E-state index < -0.39 is 20.8 Å². The first-order valence-corrected chi connectivity index (χ1v) is 6.63. The molecule has 0 heterocycles. The Labute approximate surface area is 97.0 Å². The molecular weight excluding hydrogens is 230 g/mol. The maximum atomic E-state index is 11.9. The van der Waals surface area contributed by atoms with Crippen LogP contribution in [0, 0.1) is 0 Å². The Morgan fingerprint density at radius 3 is 2.31 bits per heavy atom. The molecule has 0 aliphatic carbocycles. The number of hydrogen-bond donors (Lipinski definition) is 3. The molecule has 7 heteroatoms. The van der Waals surface area contributed by atoms with E-state index >= 15 is 0 Å². The van der Waals surface area contributed by atoms with Gasteiger partial charge in [-0.3, -0.25) is 0 Å². The van der Waals surface area contributed by atoms with Crippen LogP contribution in [-0.2, 0) is 10.0 Å². The van der Waals surface area contributed by atoms with Gasteiger partial charge in [0.05, 0.1) is 10.8 Å². The summed E-state index contributed by atoms with van der Waals surface area (Å²) in [7, 11) is -3.50. The van der Waals surface area contributed by atoms with Gasteiger partial charge in [-0.1, -0.05) is 18.5 Å². The van der Waals surface area contributed by atoms with Gasteiger partial charge in [0.25, 0.3) is 0 Å². The van der Waals surface area contributed by atoms with Crippen molar-refractivity contribution in [1.82, 2.24) is 4.72 Å². The monoisotopic (exact) mass is 251 g/mol. The number of rotatable bonds is 5. The predicted octanol–water partition coefficient (Wildman–Crippen LogP) is 0.619. The zero-order valence-corrected chi connectivity index (χ0v) is 11.0. The van der Waals surface area contributed by atoms with Crippen LogP contribution in [0.1, 0.15) is 40.5 Å². The molecule has 0 aliphatic heterocycles. The maximum absolute atomic E-state index is 11.9. The lowest BCUT2D eigenvalue weighted by molar-refractivity contribution is 0.315. The number of nitrogens with two attached hydrogens (primary N) is 1. The molecule has 0 bridgehead atoms. The summed E-state index contributed by atoms with van der Waals surface area (Å²) in [5, 5.41) is 11.4. The van der Waals surface area contributed by atoms with Crippen molar-refractivity contribution in [2.75, 3.05) is 0 Å². The van der Waals surface area contributed by atoms with Crippen molar-refractivity contribution in [2.24, 2.45) is 10.9 Å². The minimum Gasteiger partial charge on any atom is -0.409 e. The summed E-state index contributed by atoms with van der Waals surface area (Å²) in [6.07, 6.45) is 1.22. The Hall–Kier alpha value is -0.820. The van der Waals surface area contributed by atoms with E-state index in [0.29, 0.717) is 6.42 Å². The summed E-state index contributed by atoms with van der Waals surface area (Å²) < 4.78 is 25.2. The van der Waals surface area contributed by atoms with Crippen molar-refractivity contribution in [2.45, 2.75) is 51.3 Å². The maximum Gasteiger partial charge on any atom is 0.217 e. The Morgan fingerprint density at radius 2 is 2.00 bits per heavy atom. The van der Waals surface area contributed by atoms with E-state index in [4.69, 9.17) is 10.9 Å². The molecule has 16 heavy (non-hydrogen) atoms. The average Bonchev–Trinajstić information content (AvgIpc) is 2.14. The van der Waals surface area contributed by atoms with E-state index in [-0.39, 0.29) is 5.84 Å². The molecule has 0 radical (unpaired) electrons. The van der Waals surface area contributed by atoms with Crippen LogP contribution in [0.25, 0.3) is 0 Å². The van der Waals surface area contributed by atoms with Crippen LogP contribution < -0.4 is 10.5 Å². The summed E-state index contributed by atoms with van der Waals surface area (Å²) in [6, 6.07) is -0.653. The van der Waals surface area contributed by atoms with Crippen molar-refractivity contribution in [3.63, 3.8) is 0 Å².